The van der Waals surface area contributed by atoms with Crippen molar-refractivity contribution in [1.29, 1.82) is 0 Å². The monoisotopic (exact) mass is 228 g/mol. The van der Waals surface area contributed by atoms with Crippen molar-refractivity contribution in [2.75, 3.05) is 12.4 Å². The fourth-order valence-corrected chi connectivity index (χ4v) is 2.00. The molecular weight excluding hydrogens is 208 g/mol. The first kappa shape index (κ1) is 11.9. The Morgan fingerprint density at radius 2 is 1.82 bits per heavy atom. The summed E-state index contributed by atoms with van der Waals surface area (Å²) in [5.41, 5.74) is 3.77. The van der Waals surface area contributed by atoms with Crippen molar-refractivity contribution in [2.45, 2.75) is 33.1 Å². The van der Waals surface area contributed by atoms with Crippen molar-refractivity contribution < 1.29 is 0 Å². The Labute approximate surface area is 103 Å². The van der Waals surface area contributed by atoms with E-state index in [1.54, 1.807) is 0 Å². The molecule has 2 aromatic rings. The second-order valence-corrected chi connectivity index (χ2v) is 5.56. The van der Waals surface area contributed by atoms with Crippen molar-refractivity contribution in [3.8, 4) is 0 Å². The molecule has 0 radical (unpaired) electrons. The van der Waals surface area contributed by atoms with Gasteiger partial charge in [-0.2, -0.15) is 0 Å². The molecule has 1 aromatic carbocycles. The lowest BCUT2D eigenvalue weighted by Crippen LogP contribution is -2.10. The summed E-state index contributed by atoms with van der Waals surface area (Å²) in [5, 5.41) is 4.34. The van der Waals surface area contributed by atoms with Crippen LogP contribution in [0.2, 0.25) is 0 Å². The molecule has 17 heavy (non-hydrogen) atoms. The van der Waals surface area contributed by atoms with Gasteiger partial charge in [-0.25, -0.2) is 4.98 Å². The minimum absolute atomic E-state index is 0.184. The minimum Gasteiger partial charge on any atom is -0.373 e. The van der Waals surface area contributed by atoms with E-state index in [0.29, 0.717) is 0 Å². The molecule has 1 heterocycles. The van der Waals surface area contributed by atoms with E-state index in [1.807, 2.05) is 7.05 Å². The maximum absolute atomic E-state index is 4.61. The molecule has 0 saturated carbocycles. The summed E-state index contributed by atoms with van der Waals surface area (Å²) < 4.78 is 0. The maximum atomic E-state index is 4.61. The summed E-state index contributed by atoms with van der Waals surface area (Å²) in [4.78, 5) is 4.61. The van der Waals surface area contributed by atoms with Crippen LogP contribution in [0.1, 0.15) is 31.9 Å². The van der Waals surface area contributed by atoms with Gasteiger partial charge < -0.3 is 5.32 Å². The maximum Gasteiger partial charge on any atom is 0.129 e. The highest BCUT2D eigenvalue weighted by atomic mass is 15.0. The molecule has 2 heteroatoms. The second-order valence-electron chi connectivity index (χ2n) is 5.56. The van der Waals surface area contributed by atoms with Gasteiger partial charge in [0.15, 0.2) is 0 Å². The van der Waals surface area contributed by atoms with Crippen molar-refractivity contribution in [2.24, 2.45) is 0 Å². The van der Waals surface area contributed by atoms with E-state index in [-0.39, 0.29) is 5.41 Å². The third kappa shape index (κ3) is 2.26. The van der Waals surface area contributed by atoms with E-state index < -0.39 is 0 Å². The Balaban J connectivity index is 2.63. The molecule has 2 rings (SSSR count). The lowest BCUT2D eigenvalue weighted by Gasteiger charge is -2.19. The third-order valence-electron chi connectivity index (χ3n) is 3.11. The highest BCUT2D eigenvalue weighted by Crippen LogP contribution is 2.27. The largest absolute Gasteiger partial charge is 0.373 e. The molecule has 0 unspecified atom stereocenters. The molecule has 0 fully saturated rings. The van der Waals surface area contributed by atoms with Crippen LogP contribution in [0.3, 0.4) is 0 Å². The Hall–Kier alpha value is -1.57. The molecule has 2 nitrogen and oxygen atoms in total. The Bertz CT molecular complexity index is 551. The van der Waals surface area contributed by atoms with Crippen LogP contribution in [0.25, 0.3) is 10.9 Å². The molecule has 0 amide bonds. The number of fused-ring (bicyclic) bond motifs is 1. The number of benzene rings is 1. The van der Waals surface area contributed by atoms with Crippen molar-refractivity contribution >= 4 is 16.7 Å². The summed E-state index contributed by atoms with van der Waals surface area (Å²) in [5.74, 6) is 0.959. The number of aryl methyl sites for hydroxylation is 1. The fraction of sp³-hybridized carbons (Fsp3) is 0.400. The molecule has 0 aliphatic carbocycles. The van der Waals surface area contributed by atoms with E-state index in [4.69, 9.17) is 0 Å². The predicted molar refractivity (Wildman–Crippen MR) is 74.7 cm³/mol. The molecule has 0 spiro atoms. The van der Waals surface area contributed by atoms with Crippen molar-refractivity contribution in [1.82, 2.24) is 4.98 Å². The lowest BCUT2D eigenvalue weighted by atomic mass is 9.86. The molecule has 0 saturated heterocycles. The fourth-order valence-electron chi connectivity index (χ4n) is 2.00. The molecule has 0 atom stereocenters. The second kappa shape index (κ2) is 4.02. The van der Waals surface area contributed by atoms with Gasteiger partial charge in [0.2, 0.25) is 0 Å². The molecule has 1 aromatic heterocycles. The average molecular weight is 228 g/mol. The zero-order chi connectivity index (χ0) is 12.6. The quantitative estimate of drug-likeness (QED) is 0.801. The summed E-state index contributed by atoms with van der Waals surface area (Å²) in [6.07, 6.45) is 0. The number of aromatic nitrogens is 1. The molecule has 90 valence electrons. The zero-order valence-corrected chi connectivity index (χ0v) is 11.3. The van der Waals surface area contributed by atoms with Crippen LogP contribution < -0.4 is 5.32 Å². The van der Waals surface area contributed by atoms with Gasteiger partial charge >= 0.3 is 0 Å². The van der Waals surface area contributed by atoms with Gasteiger partial charge in [0, 0.05) is 12.4 Å². The van der Waals surface area contributed by atoms with Crippen LogP contribution in [-0.4, -0.2) is 12.0 Å². The predicted octanol–water partition coefficient (Wildman–Crippen LogP) is 3.88. The number of anilines is 1. The SMILES string of the molecule is CNc1nc2ccc(C(C)(C)C)cc2cc1C. The summed E-state index contributed by atoms with van der Waals surface area (Å²) >= 11 is 0. The number of rotatable bonds is 1. The lowest BCUT2D eigenvalue weighted by molar-refractivity contribution is 0.591. The van der Waals surface area contributed by atoms with E-state index in [0.717, 1.165) is 11.3 Å². The highest BCUT2D eigenvalue weighted by molar-refractivity contribution is 5.82. The number of hydrogen-bond donors (Lipinski definition) is 1. The highest BCUT2D eigenvalue weighted by Gasteiger charge is 2.14. The Morgan fingerprint density at radius 3 is 2.41 bits per heavy atom. The first-order valence-corrected chi connectivity index (χ1v) is 6.01. The normalized spacial score (nSPS) is 11.8. The summed E-state index contributed by atoms with van der Waals surface area (Å²) in [6.45, 7) is 8.78. The summed E-state index contributed by atoms with van der Waals surface area (Å²) in [7, 11) is 1.91. The first-order chi connectivity index (χ1) is 7.91. The van der Waals surface area contributed by atoms with Gasteiger partial charge in [0.1, 0.15) is 5.82 Å². The van der Waals surface area contributed by atoms with Crippen molar-refractivity contribution in [3.63, 3.8) is 0 Å². The van der Waals surface area contributed by atoms with Gasteiger partial charge in [-0.05, 0) is 41.7 Å². The zero-order valence-electron chi connectivity index (χ0n) is 11.3. The van der Waals surface area contributed by atoms with Gasteiger partial charge in [0.05, 0.1) is 5.52 Å². The van der Waals surface area contributed by atoms with Crippen molar-refractivity contribution in [3.05, 3.63) is 35.4 Å². The Morgan fingerprint density at radius 1 is 1.12 bits per heavy atom. The van der Waals surface area contributed by atoms with E-state index in [2.05, 4.69) is 62.3 Å². The van der Waals surface area contributed by atoms with Crippen LogP contribution in [0, 0.1) is 6.92 Å². The molecule has 0 aliphatic heterocycles. The van der Waals surface area contributed by atoms with Crippen LogP contribution in [0.15, 0.2) is 24.3 Å². The average Bonchev–Trinajstić information content (AvgIpc) is 2.26. The van der Waals surface area contributed by atoms with E-state index in [9.17, 15) is 0 Å². The summed E-state index contributed by atoms with van der Waals surface area (Å²) in [6, 6.07) is 8.72. The van der Waals surface area contributed by atoms with Crippen LogP contribution >= 0.6 is 0 Å². The van der Waals surface area contributed by atoms with E-state index in [1.165, 1.54) is 16.5 Å². The molecule has 0 aliphatic rings. The third-order valence-corrected chi connectivity index (χ3v) is 3.11. The van der Waals surface area contributed by atoms with Gasteiger partial charge in [0.25, 0.3) is 0 Å². The topological polar surface area (TPSA) is 24.9 Å². The smallest absolute Gasteiger partial charge is 0.129 e. The van der Waals surface area contributed by atoms with Crippen LogP contribution in [0.4, 0.5) is 5.82 Å². The Kier molecular flexibility index (Phi) is 2.82. The van der Waals surface area contributed by atoms with Crippen LogP contribution in [0.5, 0.6) is 0 Å². The first-order valence-electron chi connectivity index (χ1n) is 6.01. The van der Waals surface area contributed by atoms with Gasteiger partial charge in [-0.3, -0.25) is 0 Å². The van der Waals surface area contributed by atoms with Gasteiger partial charge in [-0.15, -0.1) is 0 Å². The van der Waals surface area contributed by atoms with Gasteiger partial charge in [-0.1, -0.05) is 26.8 Å². The van der Waals surface area contributed by atoms with Crippen LogP contribution in [-0.2, 0) is 5.41 Å². The number of nitrogens with zero attached hydrogens (tertiary/aromatic N) is 1. The number of nitrogens with one attached hydrogen (secondary N) is 1. The standard InChI is InChI=1S/C15H20N2/c1-10-8-11-9-12(15(2,3)4)6-7-13(11)17-14(10)16-5/h6-9H,1-5H3,(H,16,17). The molecule has 0 bridgehead atoms. The molecule has 1 N–H and O–H groups in total. The number of pyridine rings is 1. The number of hydrogen-bond acceptors (Lipinski definition) is 2. The van der Waals surface area contributed by atoms with E-state index >= 15 is 0 Å². The minimum atomic E-state index is 0.184. The molecular formula is C15H20N2.